The fraction of sp³-hybridized carbons (Fsp3) is 0. The van der Waals surface area contributed by atoms with Crippen LogP contribution >= 0.6 is 11.8 Å². The Bertz CT molecular complexity index is 788. The van der Waals surface area contributed by atoms with Gasteiger partial charge in [-0.25, -0.2) is 0 Å². The molecule has 2 aromatic carbocycles. The zero-order chi connectivity index (χ0) is 14.1. The van der Waals surface area contributed by atoms with Gasteiger partial charge >= 0.3 is 0 Å². The van der Waals surface area contributed by atoms with Gasteiger partial charge in [0.25, 0.3) is 0 Å². The van der Waals surface area contributed by atoms with Crippen LogP contribution in [0.25, 0.3) is 5.70 Å². The molecule has 2 heterocycles. The topological polar surface area (TPSA) is 24.1 Å². The van der Waals surface area contributed by atoms with Crippen LogP contribution in [0.1, 0.15) is 5.56 Å². The minimum absolute atomic E-state index is 1.10. The maximum atomic E-state index is 3.58. The number of hydrogen-bond donors (Lipinski definition) is 2. The third-order valence-corrected chi connectivity index (χ3v) is 4.64. The molecular formula is C18H14N2S. The highest BCUT2D eigenvalue weighted by molar-refractivity contribution is 7.99. The summed E-state index contributed by atoms with van der Waals surface area (Å²) in [5.74, 6) is 0. The smallest absolute Gasteiger partial charge is 0.0620 e. The SMILES string of the molecule is C1=CC=C(c2cccc3c2Nc2ccccc2S3)NC=C1. The van der Waals surface area contributed by atoms with Crippen molar-refractivity contribution in [2.75, 3.05) is 5.32 Å². The number of rotatable bonds is 1. The molecule has 0 saturated heterocycles. The largest absolute Gasteiger partial charge is 0.361 e. The molecule has 102 valence electrons. The van der Waals surface area contributed by atoms with E-state index < -0.39 is 0 Å². The Morgan fingerprint density at radius 1 is 0.810 bits per heavy atom. The third-order valence-electron chi connectivity index (χ3n) is 3.50. The fourth-order valence-corrected chi connectivity index (χ4v) is 3.53. The molecule has 21 heavy (non-hydrogen) atoms. The molecule has 0 atom stereocenters. The van der Waals surface area contributed by atoms with Crippen LogP contribution in [0.5, 0.6) is 0 Å². The van der Waals surface area contributed by atoms with Crippen LogP contribution in [-0.4, -0.2) is 0 Å². The molecule has 2 N–H and O–H groups in total. The van der Waals surface area contributed by atoms with Crippen molar-refractivity contribution in [3.8, 4) is 0 Å². The van der Waals surface area contributed by atoms with E-state index in [-0.39, 0.29) is 0 Å². The molecule has 2 aliphatic heterocycles. The van der Waals surface area contributed by atoms with E-state index in [9.17, 15) is 0 Å². The van der Waals surface area contributed by atoms with Gasteiger partial charge in [-0.05, 0) is 30.4 Å². The van der Waals surface area contributed by atoms with Crippen molar-refractivity contribution in [1.29, 1.82) is 0 Å². The first-order valence-corrected chi connectivity index (χ1v) is 7.71. The molecule has 0 bridgehead atoms. The fourth-order valence-electron chi connectivity index (χ4n) is 2.51. The standard InChI is InChI=1S/C18H14N2S/c1-2-8-14(19-12-5-1)13-7-6-11-17-18(13)20-15-9-3-4-10-16(15)21-17/h1-12,19-20H. The molecule has 0 amide bonds. The van der Waals surface area contributed by atoms with Gasteiger partial charge in [0.1, 0.15) is 0 Å². The second kappa shape index (κ2) is 5.19. The van der Waals surface area contributed by atoms with E-state index in [1.165, 1.54) is 26.7 Å². The lowest BCUT2D eigenvalue weighted by Gasteiger charge is -2.24. The first-order chi connectivity index (χ1) is 10.4. The lowest BCUT2D eigenvalue weighted by Crippen LogP contribution is -2.08. The van der Waals surface area contributed by atoms with Crippen LogP contribution in [0.3, 0.4) is 0 Å². The van der Waals surface area contributed by atoms with Gasteiger partial charge in [0.2, 0.25) is 0 Å². The van der Waals surface area contributed by atoms with Crippen LogP contribution in [-0.2, 0) is 0 Å². The summed E-state index contributed by atoms with van der Waals surface area (Å²) in [4.78, 5) is 2.52. The minimum Gasteiger partial charge on any atom is -0.361 e. The van der Waals surface area contributed by atoms with Crippen LogP contribution in [0.4, 0.5) is 11.4 Å². The molecular weight excluding hydrogens is 276 g/mol. The predicted molar refractivity (Wildman–Crippen MR) is 89.7 cm³/mol. The van der Waals surface area contributed by atoms with Gasteiger partial charge in [0.05, 0.1) is 11.4 Å². The van der Waals surface area contributed by atoms with E-state index >= 15 is 0 Å². The van der Waals surface area contributed by atoms with Crippen molar-refractivity contribution >= 4 is 28.8 Å². The lowest BCUT2D eigenvalue weighted by atomic mass is 10.1. The maximum Gasteiger partial charge on any atom is 0.0620 e. The number of allylic oxidation sites excluding steroid dienone is 4. The minimum atomic E-state index is 1.10. The number of anilines is 2. The van der Waals surface area contributed by atoms with E-state index in [1.54, 1.807) is 0 Å². The monoisotopic (exact) mass is 290 g/mol. The molecule has 2 nitrogen and oxygen atoms in total. The normalized spacial score (nSPS) is 15.1. The van der Waals surface area contributed by atoms with Gasteiger partial charge < -0.3 is 10.6 Å². The zero-order valence-electron chi connectivity index (χ0n) is 11.3. The number of fused-ring (bicyclic) bond motifs is 2. The van der Waals surface area contributed by atoms with Crippen LogP contribution in [0.2, 0.25) is 0 Å². The molecule has 0 spiro atoms. The number of hydrogen-bond acceptors (Lipinski definition) is 3. The first-order valence-electron chi connectivity index (χ1n) is 6.89. The Morgan fingerprint density at radius 2 is 1.71 bits per heavy atom. The highest BCUT2D eigenvalue weighted by Gasteiger charge is 2.19. The molecule has 0 fully saturated rings. The van der Waals surface area contributed by atoms with Crippen molar-refractivity contribution in [2.24, 2.45) is 0 Å². The second-order valence-corrected chi connectivity index (χ2v) is 5.95. The molecule has 2 aromatic rings. The van der Waals surface area contributed by atoms with E-state index in [2.05, 4.69) is 65.3 Å². The first kappa shape index (κ1) is 12.4. The number of benzene rings is 2. The average molecular weight is 290 g/mol. The molecule has 0 saturated carbocycles. The van der Waals surface area contributed by atoms with Crippen LogP contribution in [0, 0.1) is 0 Å². The second-order valence-electron chi connectivity index (χ2n) is 4.87. The quantitative estimate of drug-likeness (QED) is 0.666. The van der Waals surface area contributed by atoms with Gasteiger partial charge in [0, 0.05) is 27.3 Å². The van der Waals surface area contributed by atoms with Crippen LogP contribution in [0.15, 0.2) is 82.8 Å². The molecule has 4 rings (SSSR count). The van der Waals surface area contributed by atoms with Gasteiger partial charge in [-0.1, -0.05) is 48.2 Å². The van der Waals surface area contributed by atoms with E-state index in [1.807, 2.05) is 30.1 Å². The molecule has 2 aliphatic rings. The van der Waals surface area contributed by atoms with Crippen molar-refractivity contribution in [1.82, 2.24) is 5.32 Å². The van der Waals surface area contributed by atoms with Crippen molar-refractivity contribution in [3.63, 3.8) is 0 Å². The molecule has 3 heteroatoms. The summed E-state index contributed by atoms with van der Waals surface area (Å²) in [5.41, 5.74) is 4.63. The lowest BCUT2D eigenvalue weighted by molar-refractivity contribution is 1.20. The summed E-state index contributed by atoms with van der Waals surface area (Å²) in [6.45, 7) is 0. The number of nitrogens with one attached hydrogen (secondary N) is 2. The van der Waals surface area contributed by atoms with Crippen LogP contribution < -0.4 is 10.6 Å². The summed E-state index contributed by atoms with van der Waals surface area (Å²) in [6.07, 6.45) is 10.1. The predicted octanol–water partition coefficient (Wildman–Crippen LogP) is 4.91. The number of para-hydroxylation sites is 2. The summed E-state index contributed by atoms with van der Waals surface area (Å²) in [5, 5.41) is 6.92. The summed E-state index contributed by atoms with van der Waals surface area (Å²) < 4.78 is 0. The summed E-state index contributed by atoms with van der Waals surface area (Å²) >= 11 is 1.81. The molecule has 0 aliphatic carbocycles. The Balaban J connectivity index is 1.81. The summed E-state index contributed by atoms with van der Waals surface area (Å²) in [7, 11) is 0. The summed E-state index contributed by atoms with van der Waals surface area (Å²) in [6, 6.07) is 14.8. The Morgan fingerprint density at radius 3 is 2.71 bits per heavy atom. The third kappa shape index (κ3) is 2.26. The highest BCUT2D eigenvalue weighted by Crippen LogP contribution is 2.46. The van der Waals surface area contributed by atoms with E-state index in [0.717, 1.165) is 5.70 Å². The molecule has 0 unspecified atom stereocenters. The maximum absolute atomic E-state index is 3.58. The van der Waals surface area contributed by atoms with Gasteiger partial charge in [0.15, 0.2) is 0 Å². The van der Waals surface area contributed by atoms with E-state index in [4.69, 9.17) is 0 Å². The Hall–Kier alpha value is -2.39. The average Bonchev–Trinajstić information content (AvgIpc) is 2.81. The molecule has 0 radical (unpaired) electrons. The van der Waals surface area contributed by atoms with Gasteiger partial charge in [-0.2, -0.15) is 0 Å². The van der Waals surface area contributed by atoms with Crippen molar-refractivity contribution in [2.45, 2.75) is 9.79 Å². The zero-order valence-corrected chi connectivity index (χ0v) is 12.2. The highest BCUT2D eigenvalue weighted by atomic mass is 32.2. The van der Waals surface area contributed by atoms with Crippen molar-refractivity contribution < 1.29 is 0 Å². The van der Waals surface area contributed by atoms with E-state index in [0.29, 0.717) is 0 Å². The molecule has 0 aromatic heterocycles. The Kier molecular flexibility index (Phi) is 3.05. The van der Waals surface area contributed by atoms with Gasteiger partial charge in [-0.15, -0.1) is 0 Å². The van der Waals surface area contributed by atoms with Gasteiger partial charge in [-0.3, -0.25) is 0 Å². The van der Waals surface area contributed by atoms with Crippen molar-refractivity contribution in [3.05, 3.63) is 78.5 Å². The Labute approximate surface area is 128 Å².